The van der Waals surface area contributed by atoms with Gasteiger partial charge in [0, 0.05) is 29.1 Å². The number of carbonyl (C=O) groups is 2. The van der Waals surface area contributed by atoms with Gasteiger partial charge < -0.3 is 19.9 Å². The fourth-order valence-corrected chi connectivity index (χ4v) is 5.49. The summed E-state index contributed by atoms with van der Waals surface area (Å²) in [5.74, 6) is 0.0791. The fraction of sp³-hybridized carbons (Fsp3) is 0.542. The average Bonchev–Trinajstić information content (AvgIpc) is 3.52. The second kappa shape index (κ2) is 8.31. The molecule has 0 aliphatic heterocycles. The minimum absolute atomic E-state index is 0.00571. The number of ether oxygens (including phenoxy) is 1. The quantitative estimate of drug-likeness (QED) is 0.620. The van der Waals surface area contributed by atoms with E-state index >= 15 is 0 Å². The van der Waals surface area contributed by atoms with Crippen LogP contribution in [0.2, 0.25) is 5.02 Å². The molecule has 2 bridgehead atoms. The lowest BCUT2D eigenvalue weighted by Crippen LogP contribution is -2.67. The van der Waals surface area contributed by atoms with Crippen LogP contribution in [0.25, 0.3) is 0 Å². The van der Waals surface area contributed by atoms with Gasteiger partial charge in [0.2, 0.25) is 5.76 Å². The standard InChI is InChI=1S/C24H27ClFN3O4/c1-14-12-23(28-22(31)20-11-19(29-33-20)15-2-3-15)6-8-24(14,9-7-23)27-21(30)13-32-16-4-5-17(25)18(26)10-16/h4-5,10-11,14-15H,2-3,6-9,12-13H2,1H3,(H,27,30)(H,28,31). The predicted octanol–water partition coefficient (Wildman–Crippen LogP) is 4.36. The molecule has 1 heterocycles. The van der Waals surface area contributed by atoms with Crippen LogP contribution >= 0.6 is 11.6 Å². The minimum atomic E-state index is -0.589. The number of carbonyl (C=O) groups excluding carboxylic acids is 2. The molecule has 4 aliphatic rings. The van der Waals surface area contributed by atoms with Gasteiger partial charge in [-0.2, -0.15) is 0 Å². The van der Waals surface area contributed by atoms with E-state index in [-0.39, 0.29) is 51.9 Å². The SMILES string of the molecule is CC1CC2(NC(=O)c3cc(C4CC4)no3)CCC1(NC(=O)COc1ccc(Cl)c(F)c1)CC2. The van der Waals surface area contributed by atoms with Gasteiger partial charge in [-0.05, 0) is 63.0 Å². The molecule has 0 radical (unpaired) electrons. The number of nitrogens with one attached hydrogen (secondary N) is 2. The third-order valence-electron chi connectivity index (χ3n) is 7.52. The first-order valence-corrected chi connectivity index (χ1v) is 11.8. The number of halogens is 2. The minimum Gasteiger partial charge on any atom is -0.484 e. The molecule has 33 heavy (non-hydrogen) atoms. The summed E-state index contributed by atoms with van der Waals surface area (Å²) in [6.45, 7) is 1.90. The summed E-state index contributed by atoms with van der Waals surface area (Å²) in [5, 5.41) is 10.4. The Labute approximate surface area is 196 Å². The van der Waals surface area contributed by atoms with E-state index in [2.05, 4.69) is 22.7 Å². The van der Waals surface area contributed by atoms with Crippen molar-refractivity contribution < 1.29 is 23.2 Å². The average molecular weight is 476 g/mol. The van der Waals surface area contributed by atoms with Gasteiger partial charge >= 0.3 is 0 Å². The van der Waals surface area contributed by atoms with Crippen molar-refractivity contribution >= 4 is 23.4 Å². The van der Waals surface area contributed by atoms with Crippen LogP contribution in [0.15, 0.2) is 28.8 Å². The predicted molar refractivity (Wildman–Crippen MR) is 119 cm³/mol. The van der Waals surface area contributed by atoms with Gasteiger partial charge in [-0.25, -0.2) is 4.39 Å². The third kappa shape index (κ3) is 4.45. The maximum absolute atomic E-state index is 13.6. The number of hydrogen-bond acceptors (Lipinski definition) is 5. The first-order chi connectivity index (χ1) is 15.8. The Hall–Kier alpha value is -2.61. The summed E-state index contributed by atoms with van der Waals surface area (Å²) in [4.78, 5) is 25.4. The number of rotatable bonds is 7. The molecule has 4 aliphatic carbocycles. The zero-order chi connectivity index (χ0) is 23.2. The van der Waals surface area contributed by atoms with Crippen LogP contribution in [0.3, 0.4) is 0 Å². The van der Waals surface area contributed by atoms with Crippen LogP contribution in [0.4, 0.5) is 4.39 Å². The Bertz CT molecular complexity index is 1080. The molecule has 6 rings (SSSR count). The number of fused-ring (bicyclic) bond motifs is 3. The molecule has 4 saturated carbocycles. The highest BCUT2D eigenvalue weighted by atomic mass is 35.5. The third-order valence-corrected chi connectivity index (χ3v) is 7.82. The Morgan fingerprint density at radius 1 is 1.21 bits per heavy atom. The first kappa shape index (κ1) is 22.2. The molecule has 1 aromatic carbocycles. The molecule has 2 amide bonds. The van der Waals surface area contributed by atoms with Crippen LogP contribution in [-0.4, -0.2) is 34.7 Å². The molecule has 1 atom stereocenters. The highest BCUT2D eigenvalue weighted by Crippen LogP contribution is 2.50. The smallest absolute Gasteiger partial charge is 0.290 e. The second-order valence-electron chi connectivity index (χ2n) is 9.80. The van der Waals surface area contributed by atoms with E-state index in [1.165, 1.54) is 12.1 Å². The van der Waals surface area contributed by atoms with Crippen molar-refractivity contribution in [2.24, 2.45) is 5.92 Å². The molecule has 2 N–H and O–H groups in total. The van der Waals surface area contributed by atoms with Crippen LogP contribution in [0.5, 0.6) is 5.75 Å². The zero-order valence-electron chi connectivity index (χ0n) is 18.5. The lowest BCUT2D eigenvalue weighted by molar-refractivity contribution is -0.128. The van der Waals surface area contributed by atoms with Gasteiger partial charge in [0.25, 0.3) is 11.8 Å². The molecule has 4 fully saturated rings. The van der Waals surface area contributed by atoms with E-state index in [4.69, 9.17) is 20.9 Å². The molecule has 2 aromatic rings. The Morgan fingerprint density at radius 3 is 2.64 bits per heavy atom. The maximum Gasteiger partial charge on any atom is 0.290 e. The van der Waals surface area contributed by atoms with Crippen LogP contribution in [0, 0.1) is 11.7 Å². The Morgan fingerprint density at radius 2 is 1.97 bits per heavy atom. The molecule has 7 nitrogen and oxygen atoms in total. The molecule has 176 valence electrons. The van der Waals surface area contributed by atoms with Gasteiger partial charge in [-0.1, -0.05) is 23.7 Å². The number of aromatic nitrogens is 1. The molecule has 0 saturated heterocycles. The summed E-state index contributed by atoms with van der Waals surface area (Å²) in [7, 11) is 0. The highest BCUT2D eigenvalue weighted by Gasteiger charge is 2.54. The lowest BCUT2D eigenvalue weighted by Gasteiger charge is -2.57. The van der Waals surface area contributed by atoms with E-state index in [0.717, 1.165) is 56.7 Å². The number of amides is 2. The highest BCUT2D eigenvalue weighted by molar-refractivity contribution is 6.30. The molecular weight excluding hydrogens is 449 g/mol. The Balaban J connectivity index is 1.17. The first-order valence-electron chi connectivity index (χ1n) is 11.5. The molecule has 9 heteroatoms. The fourth-order valence-electron chi connectivity index (χ4n) is 5.38. The summed E-state index contributed by atoms with van der Waals surface area (Å²) in [5.41, 5.74) is 0.236. The summed E-state index contributed by atoms with van der Waals surface area (Å²) in [6.07, 6.45) is 6.05. The summed E-state index contributed by atoms with van der Waals surface area (Å²) >= 11 is 5.68. The topological polar surface area (TPSA) is 93.5 Å². The van der Waals surface area contributed by atoms with E-state index in [9.17, 15) is 14.0 Å². The molecule has 1 aromatic heterocycles. The second-order valence-corrected chi connectivity index (χ2v) is 10.2. The van der Waals surface area contributed by atoms with Gasteiger partial charge in [0.1, 0.15) is 11.6 Å². The number of nitrogens with zero attached hydrogens (tertiary/aromatic N) is 1. The number of hydrogen-bond donors (Lipinski definition) is 2. The van der Waals surface area contributed by atoms with Gasteiger partial charge in [-0.15, -0.1) is 0 Å². The van der Waals surface area contributed by atoms with Crippen molar-refractivity contribution in [1.82, 2.24) is 15.8 Å². The van der Waals surface area contributed by atoms with Crippen LogP contribution in [0.1, 0.15) is 74.0 Å². The molecular formula is C24H27ClFN3O4. The van der Waals surface area contributed by atoms with E-state index in [0.29, 0.717) is 5.92 Å². The van der Waals surface area contributed by atoms with E-state index in [1.807, 2.05) is 0 Å². The van der Waals surface area contributed by atoms with Crippen LogP contribution in [-0.2, 0) is 4.79 Å². The van der Waals surface area contributed by atoms with Gasteiger partial charge in [0.15, 0.2) is 6.61 Å². The molecule has 0 spiro atoms. The van der Waals surface area contributed by atoms with Crippen molar-refractivity contribution in [3.8, 4) is 5.75 Å². The lowest BCUT2D eigenvalue weighted by atomic mass is 9.56. The largest absolute Gasteiger partial charge is 0.484 e. The normalized spacial score (nSPS) is 28.4. The maximum atomic E-state index is 13.6. The van der Waals surface area contributed by atoms with E-state index < -0.39 is 5.82 Å². The van der Waals surface area contributed by atoms with Crippen molar-refractivity contribution in [1.29, 1.82) is 0 Å². The van der Waals surface area contributed by atoms with Crippen molar-refractivity contribution in [3.05, 3.63) is 46.6 Å². The number of benzene rings is 1. The van der Waals surface area contributed by atoms with Crippen molar-refractivity contribution in [2.45, 2.75) is 68.9 Å². The van der Waals surface area contributed by atoms with Crippen LogP contribution < -0.4 is 15.4 Å². The summed E-state index contributed by atoms with van der Waals surface area (Å²) < 4.78 is 24.3. The zero-order valence-corrected chi connectivity index (χ0v) is 19.2. The van der Waals surface area contributed by atoms with Gasteiger partial charge in [0.05, 0.1) is 10.7 Å². The van der Waals surface area contributed by atoms with Crippen molar-refractivity contribution in [3.63, 3.8) is 0 Å². The summed E-state index contributed by atoms with van der Waals surface area (Å²) in [6, 6.07) is 5.85. The Kier molecular flexibility index (Phi) is 5.59. The van der Waals surface area contributed by atoms with Crippen molar-refractivity contribution in [2.75, 3.05) is 6.61 Å². The van der Waals surface area contributed by atoms with E-state index in [1.54, 1.807) is 6.07 Å². The molecule has 1 unspecified atom stereocenters. The monoisotopic (exact) mass is 475 g/mol. The van der Waals surface area contributed by atoms with Gasteiger partial charge in [-0.3, -0.25) is 9.59 Å².